The number of hydrogen-bond acceptors (Lipinski definition) is 3. The molecule has 0 atom stereocenters. The van der Waals surface area contributed by atoms with Gasteiger partial charge in [-0.3, -0.25) is 0 Å². The van der Waals surface area contributed by atoms with E-state index >= 15 is 0 Å². The smallest absolute Gasteiger partial charge is 0.187 e. The van der Waals surface area contributed by atoms with Gasteiger partial charge in [0.1, 0.15) is 5.02 Å². The van der Waals surface area contributed by atoms with E-state index in [1.54, 1.807) is 0 Å². The van der Waals surface area contributed by atoms with Crippen LogP contribution >= 0.6 is 11.6 Å². The fraction of sp³-hybridized carbons (Fsp3) is 0.182. The van der Waals surface area contributed by atoms with E-state index in [4.69, 9.17) is 21.9 Å². The molecule has 1 heterocycles. The van der Waals surface area contributed by atoms with E-state index in [1.165, 1.54) is 5.56 Å². The van der Waals surface area contributed by atoms with Gasteiger partial charge in [0.2, 0.25) is 0 Å². The molecular formula is C11H11ClN2O. The number of halogens is 1. The normalized spacial score (nSPS) is 10.6. The van der Waals surface area contributed by atoms with Crippen LogP contribution in [0.1, 0.15) is 11.1 Å². The SMILES string of the molecule is Cc1cccc(-c2onc(N)c2Cl)c1C. The number of hydrogen-bond donors (Lipinski definition) is 1. The van der Waals surface area contributed by atoms with E-state index in [1.807, 2.05) is 32.0 Å². The standard InChI is InChI=1S/C11H11ClN2O/c1-6-4-3-5-8(7(6)2)10-9(12)11(13)14-15-10/h3-5H,1-2H3,(H2,13,14). The molecule has 0 spiro atoms. The zero-order chi connectivity index (χ0) is 11.0. The van der Waals surface area contributed by atoms with Gasteiger partial charge >= 0.3 is 0 Å². The van der Waals surface area contributed by atoms with Crippen LogP contribution in [0, 0.1) is 13.8 Å². The lowest BCUT2D eigenvalue weighted by molar-refractivity contribution is 0.435. The van der Waals surface area contributed by atoms with Crippen LogP contribution in [0.3, 0.4) is 0 Å². The third kappa shape index (κ3) is 1.59. The first-order chi connectivity index (χ1) is 7.11. The van der Waals surface area contributed by atoms with Crippen LogP contribution < -0.4 is 5.73 Å². The van der Waals surface area contributed by atoms with Crippen LogP contribution in [0.2, 0.25) is 5.02 Å². The number of nitrogens with zero attached hydrogens (tertiary/aromatic N) is 1. The first-order valence-corrected chi connectivity index (χ1v) is 4.96. The lowest BCUT2D eigenvalue weighted by Crippen LogP contribution is -1.86. The number of aromatic nitrogens is 1. The Hall–Kier alpha value is -1.48. The molecule has 1 aromatic heterocycles. The molecule has 0 saturated heterocycles. The van der Waals surface area contributed by atoms with Crippen molar-refractivity contribution in [3.05, 3.63) is 34.3 Å². The van der Waals surface area contributed by atoms with Crippen molar-refractivity contribution in [1.29, 1.82) is 0 Å². The number of anilines is 1. The molecular weight excluding hydrogens is 212 g/mol. The number of aryl methyl sites for hydroxylation is 1. The van der Waals surface area contributed by atoms with Crippen LogP contribution in [0.5, 0.6) is 0 Å². The van der Waals surface area contributed by atoms with Crippen molar-refractivity contribution in [1.82, 2.24) is 5.16 Å². The predicted octanol–water partition coefficient (Wildman–Crippen LogP) is 3.19. The molecule has 0 radical (unpaired) electrons. The molecule has 2 N–H and O–H groups in total. The van der Waals surface area contributed by atoms with Crippen molar-refractivity contribution >= 4 is 17.4 Å². The van der Waals surface area contributed by atoms with Gasteiger partial charge in [-0.05, 0) is 25.0 Å². The molecule has 15 heavy (non-hydrogen) atoms. The lowest BCUT2D eigenvalue weighted by Gasteiger charge is -2.04. The van der Waals surface area contributed by atoms with Gasteiger partial charge in [-0.25, -0.2) is 0 Å². The Morgan fingerprint density at radius 1 is 1.33 bits per heavy atom. The minimum absolute atomic E-state index is 0.229. The van der Waals surface area contributed by atoms with Crippen molar-refractivity contribution in [3.8, 4) is 11.3 Å². The lowest BCUT2D eigenvalue weighted by atomic mass is 10.0. The number of nitrogen functional groups attached to an aromatic ring is 1. The van der Waals surface area contributed by atoms with Gasteiger partial charge in [-0.1, -0.05) is 35.0 Å². The number of nitrogens with two attached hydrogens (primary N) is 1. The van der Waals surface area contributed by atoms with Crippen LogP contribution in [0.15, 0.2) is 22.7 Å². The third-order valence-corrected chi connectivity index (χ3v) is 2.87. The molecule has 0 fully saturated rings. The largest absolute Gasteiger partial charge is 0.380 e. The minimum atomic E-state index is 0.229. The second kappa shape index (κ2) is 3.59. The monoisotopic (exact) mass is 222 g/mol. The summed E-state index contributed by atoms with van der Waals surface area (Å²) in [5.41, 5.74) is 8.76. The van der Waals surface area contributed by atoms with Crippen LogP contribution in [0.4, 0.5) is 5.82 Å². The molecule has 2 aromatic rings. The molecule has 0 aliphatic rings. The summed E-state index contributed by atoms with van der Waals surface area (Å²) in [6, 6.07) is 5.92. The van der Waals surface area contributed by atoms with E-state index in [-0.39, 0.29) is 5.82 Å². The summed E-state index contributed by atoms with van der Waals surface area (Å²) in [4.78, 5) is 0. The molecule has 78 valence electrons. The Balaban J connectivity index is 2.64. The Kier molecular flexibility index (Phi) is 2.40. The molecule has 2 rings (SSSR count). The highest BCUT2D eigenvalue weighted by atomic mass is 35.5. The van der Waals surface area contributed by atoms with E-state index in [2.05, 4.69) is 5.16 Å². The second-order valence-corrected chi connectivity index (χ2v) is 3.84. The van der Waals surface area contributed by atoms with E-state index < -0.39 is 0 Å². The average Bonchev–Trinajstić information content (AvgIpc) is 2.53. The molecule has 1 aromatic carbocycles. The number of rotatable bonds is 1. The summed E-state index contributed by atoms with van der Waals surface area (Å²) in [5.74, 6) is 0.767. The first-order valence-electron chi connectivity index (χ1n) is 4.58. The summed E-state index contributed by atoms with van der Waals surface area (Å²) < 4.78 is 5.11. The Morgan fingerprint density at radius 2 is 2.07 bits per heavy atom. The van der Waals surface area contributed by atoms with Gasteiger partial charge in [-0.2, -0.15) is 0 Å². The van der Waals surface area contributed by atoms with Crippen molar-refractivity contribution in [3.63, 3.8) is 0 Å². The Morgan fingerprint density at radius 3 is 2.67 bits per heavy atom. The molecule has 0 aliphatic carbocycles. The van der Waals surface area contributed by atoms with E-state index in [9.17, 15) is 0 Å². The summed E-state index contributed by atoms with van der Waals surface area (Å²) >= 11 is 5.99. The fourth-order valence-electron chi connectivity index (χ4n) is 1.46. The highest BCUT2D eigenvalue weighted by Crippen LogP contribution is 2.34. The predicted molar refractivity (Wildman–Crippen MR) is 60.8 cm³/mol. The maximum Gasteiger partial charge on any atom is 0.187 e. The van der Waals surface area contributed by atoms with Crippen molar-refractivity contribution < 1.29 is 4.52 Å². The first kappa shape index (κ1) is 10.1. The summed E-state index contributed by atoms with van der Waals surface area (Å²) in [5, 5.41) is 4.01. The average molecular weight is 223 g/mol. The molecule has 3 nitrogen and oxygen atoms in total. The summed E-state index contributed by atoms with van der Waals surface area (Å²) in [6.45, 7) is 4.05. The highest BCUT2D eigenvalue weighted by Gasteiger charge is 2.15. The van der Waals surface area contributed by atoms with E-state index in [0.29, 0.717) is 10.8 Å². The second-order valence-electron chi connectivity index (χ2n) is 3.46. The molecule has 0 amide bonds. The molecule has 0 saturated carbocycles. The van der Waals surface area contributed by atoms with Gasteiger partial charge in [-0.15, -0.1) is 0 Å². The molecule has 0 bridgehead atoms. The molecule has 0 aliphatic heterocycles. The maximum atomic E-state index is 5.99. The summed E-state index contributed by atoms with van der Waals surface area (Å²) in [7, 11) is 0. The third-order valence-electron chi connectivity index (χ3n) is 2.51. The molecule has 0 unspecified atom stereocenters. The Labute approximate surface area is 92.8 Å². The number of benzene rings is 1. The van der Waals surface area contributed by atoms with Crippen molar-refractivity contribution in [2.75, 3.05) is 5.73 Å². The van der Waals surface area contributed by atoms with Gasteiger partial charge in [0, 0.05) is 5.56 Å². The van der Waals surface area contributed by atoms with Crippen molar-refractivity contribution in [2.24, 2.45) is 0 Å². The van der Waals surface area contributed by atoms with Crippen LogP contribution in [-0.2, 0) is 0 Å². The zero-order valence-corrected chi connectivity index (χ0v) is 9.30. The van der Waals surface area contributed by atoms with Gasteiger partial charge in [0.25, 0.3) is 0 Å². The van der Waals surface area contributed by atoms with Crippen LogP contribution in [-0.4, -0.2) is 5.16 Å². The van der Waals surface area contributed by atoms with Gasteiger partial charge < -0.3 is 10.3 Å². The minimum Gasteiger partial charge on any atom is -0.380 e. The fourth-order valence-corrected chi connectivity index (χ4v) is 1.63. The Bertz CT molecular complexity index is 505. The topological polar surface area (TPSA) is 52.0 Å². The summed E-state index contributed by atoms with van der Waals surface area (Å²) in [6.07, 6.45) is 0. The molecule has 4 heteroatoms. The van der Waals surface area contributed by atoms with Gasteiger partial charge in [0.15, 0.2) is 11.6 Å². The highest BCUT2D eigenvalue weighted by molar-refractivity contribution is 6.35. The maximum absolute atomic E-state index is 5.99. The zero-order valence-electron chi connectivity index (χ0n) is 8.54. The van der Waals surface area contributed by atoms with Crippen LogP contribution in [0.25, 0.3) is 11.3 Å². The van der Waals surface area contributed by atoms with Gasteiger partial charge in [0.05, 0.1) is 0 Å². The van der Waals surface area contributed by atoms with E-state index in [0.717, 1.165) is 11.1 Å². The quantitative estimate of drug-likeness (QED) is 0.806. The van der Waals surface area contributed by atoms with Crippen molar-refractivity contribution in [2.45, 2.75) is 13.8 Å².